The maximum Gasteiger partial charge on any atom is 0.354 e. The molecule has 7 rings (SSSR count). The molecule has 4 heterocycles. The summed E-state index contributed by atoms with van der Waals surface area (Å²) in [6.07, 6.45) is 11.9. The first-order chi connectivity index (χ1) is 18.0. The summed E-state index contributed by atoms with van der Waals surface area (Å²) >= 11 is 0. The highest BCUT2D eigenvalue weighted by atomic mass is 16.5. The molecule has 1 aromatic carbocycles. The number of piperidine rings is 1. The van der Waals surface area contributed by atoms with Gasteiger partial charge in [0.25, 0.3) is 0 Å². The van der Waals surface area contributed by atoms with E-state index in [1.54, 1.807) is 6.07 Å². The van der Waals surface area contributed by atoms with Crippen LogP contribution in [-0.4, -0.2) is 39.3 Å². The minimum Gasteiger partial charge on any atom is -0.477 e. The van der Waals surface area contributed by atoms with Crippen molar-refractivity contribution in [2.24, 2.45) is 5.41 Å². The fourth-order valence-electron chi connectivity index (χ4n) is 5.97. The van der Waals surface area contributed by atoms with Gasteiger partial charge < -0.3 is 14.5 Å². The number of nitrogens with zero attached hydrogens (tertiary/aromatic N) is 4. The van der Waals surface area contributed by atoms with Crippen LogP contribution in [0.3, 0.4) is 0 Å². The van der Waals surface area contributed by atoms with E-state index in [1.807, 2.05) is 30.6 Å². The predicted molar refractivity (Wildman–Crippen MR) is 142 cm³/mol. The van der Waals surface area contributed by atoms with Crippen molar-refractivity contribution >= 4 is 28.1 Å². The van der Waals surface area contributed by atoms with Crippen LogP contribution in [0.4, 0.5) is 5.69 Å². The van der Waals surface area contributed by atoms with Crippen molar-refractivity contribution in [3.63, 3.8) is 0 Å². The van der Waals surface area contributed by atoms with Crippen molar-refractivity contribution in [3.05, 3.63) is 77.4 Å². The Kier molecular flexibility index (Phi) is 4.96. The van der Waals surface area contributed by atoms with Gasteiger partial charge in [-0.2, -0.15) is 0 Å². The number of allylic oxidation sites excluding steroid dienone is 2. The Hall–Kier alpha value is -4.00. The molecule has 1 spiro atoms. The Labute approximate surface area is 214 Å². The topological polar surface area (TPSA) is 92.4 Å². The van der Waals surface area contributed by atoms with Crippen molar-refractivity contribution in [1.82, 2.24) is 15.1 Å². The maximum absolute atomic E-state index is 11.2. The number of benzene rings is 1. The van der Waals surface area contributed by atoms with Crippen LogP contribution >= 0.6 is 0 Å². The van der Waals surface area contributed by atoms with Crippen LogP contribution in [0.25, 0.3) is 27.7 Å². The zero-order chi connectivity index (χ0) is 25.1. The number of fused-ring (bicyclic) bond motifs is 1. The minimum absolute atomic E-state index is 0.0762. The standard InChI is InChI=1S/C30H28N4O3/c1-18-8-11-31-17-23(18)27-26(28(37-33-27)19-2-3-19)21-15-30(16-21)9-12-34(13-10-30)22-5-7-24-20(14-22)4-6-25(32-24)29(35)36/h4-8,11,14-15,17,19H,2-3,9-10,12-13,16H2,1H3,(H,35,36). The predicted octanol–water partition coefficient (Wildman–Crippen LogP) is 6.24. The Bertz CT molecular complexity index is 1580. The van der Waals surface area contributed by atoms with Crippen LogP contribution in [0, 0.1) is 12.3 Å². The Morgan fingerprint density at radius 3 is 2.68 bits per heavy atom. The highest BCUT2D eigenvalue weighted by molar-refractivity contribution is 5.91. The van der Waals surface area contributed by atoms with E-state index >= 15 is 0 Å². The number of aromatic nitrogens is 3. The van der Waals surface area contributed by atoms with E-state index in [0.717, 1.165) is 54.8 Å². The summed E-state index contributed by atoms with van der Waals surface area (Å²) in [6.45, 7) is 4.08. The lowest BCUT2D eigenvalue weighted by atomic mass is 9.63. The molecule has 1 saturated heterocycles. The smallest absolute Gasteiger partial charge is 0.354 e. The van der Waals surface area contributed by atoms with E-state index in [1.165, 1.54) is 35.2 Å². The van der Waals surface area contributed by atoms with Gasteiger partial charge in [-0.1, -0.05) is 17.3 Å². The molecule has 0 atom stereocenters. The molecule has 3 aliphatic rings. The van der Waals surface area contributed by atoms with Crippen LogP contribution in [0.5, 0.6) is 0 Å². The largest absolute Gasteiger partial charge is 0.477 e. The third kappa shape index (κ3) is 3.80. The molecule has 37 heavy (non-hydrogen) atoms. The second-order valence-electron chi connectivity index (χ2n) is 10.8. The monoisotopic (exact) mass is 492 g/mol. The van der Waals surface area contributed by atoms with Crippen LogP contribution in [-0.2, 0) is 0 Å². The van der Waals surface area contributed by atoms with E-state index in [-0.39, 0.29) is 11.1 Å². The number of hydrogen-bond donors (Lipinski definition) is 1. The van der Waals surface area contributed by atoms with Crippen molar-refractivity contribution in [1.29, 1.82) is 0 Å². The second-order valence-corrected chi connectivity index (χ2v) is 10.8. The molecular weight excluding hydrogens is 464 g/mol. The molecule has 0 amide bonds. The molecule has 2 aliphatic carbocycles. The number of aromatic carboxylic acids is 1. The number of carboxylic acid groups (broad SMARTS) is 1. The number of rotatable bonds is 5. The lowest BCUT2D eigenvalue weighted by Gasteiger charge is -2.47. The number of aryl methyl sites for hydroxylation is 1. The van der Waals surface area contributed by atoms with E-state index in [0.29, 0.717) is 11.4 Å². The zero-order valence-electron chi connectivity index (χ0n) is 20.8. The molecule has 3 aromatic heterocycles. The summed E-state index contributed by atoms with van der Waals surface area (Å²) in [5.74, 6) is 0.562. The molecule has 7 heteroatoms. The average Bonchev–Trinajstić information content (AvgIpc) is 3.65. The normalized spacial score (nSPS) is 18.6. The fourth-order valence-corrected chi connectivity index (χ4v) is 5.97. The maximum atomic E-state index is 11.2. The van der Waals surface area contributed by atoms with Gasteiger partial charge in [0.15, 0.2) is 0 Å². The van der Waals surface area contributed by atoms with Gasteiger partial charge in [0.2, 0.25) is 0 Å². The molecule has 1 saturated carbocycles. The third-order valence-corrected chi connectivity index (χ3v) is 8.32. The highest BCUT2D eigenvalue weighted by Crippen LogP contribution is 2.55. The van der Waals surface area contributed by atoms with Crippen molar-refractivity contribution in [2.75, 3.05) is 18.0 Å². The molecule has 0 bridgehead atoms. The van der Waals surface area contributed by atoms with Crippen LogP contribution in [0.15, 0.2) is 59.4 Å². The fraction of sp³-hybridized carbons (Fsp3) is 0.333. The summed E-state index contributed by atoms with van der Waals surface area (Å²) in [5, 5.41) is 14.7. The van der Waals surface area contributed by atoms with E-state index in [2.05, 4.69) is 45.2 Å². The third-order valence-electron chi connectivity index (χ3n) is 8.32. The summed E-state index contributed by atoms with van der Waals surface area (Å²) in [6, 6.07) is 11.6. The Balaban J connectivity index is 1.12. The number of carbonyl (C=O) groups is 1. The first-order valence-corrected chi connectivity index (χ1v) is 13.0. The number of carboxylic acids is 1. The van der Waals surface area contributed by atoms with Crippen LogP contribution in [0.2, 0.25) is 0 Å². The molecule has 2 fully saturated rings. The molecular formula is C30H28N4O3. The zero-order valence-corrected chi connectivity index (χ0v) is 20.8. The summed E-state index contributed by atoms with van der Waals surface area (Å²) in [7, 11) is 0. The molecule has 1 N–H and O–H groups in total. The van der Waals surface area contributed by atoms with E-state index in [4.69, 9.17) is 4.52 Å². The van der Waals surface area contributed by atoms with Gasteiger partial charge in [0.05, 0.1) is 5.52 Å². The highest BCUT2D eigenvalue weighted by Gasteiger charge is 2.43. The number of pyridine rings is 2. The summed E-state index contributed by atoms with van der Waals surface area (Å²) in [5.41, 5.74) is 7.96. The number of anilines is 1. The summed E-state index contributed by atoms with van der Waals surface area (Å²) < 4.78 is 5.93. The van der Waals surface area contributed by atoms with Crippen molar-refractivity contribution in [3.8, 4) is 11.3 Å². The van der Waals surface area contributed by atoms with E-state index in [9.17, 15) is 9.90 Å². The van der Waals surface area contributed by atoms with Gasteiger partial charge in [-0.15, -0.1) is 0 Å². The average molecular weight is 493 g/mol. The summed E-state index contributed by atoms with van der Waals surface area (Å²) in [4.78, 5) is 22.3. The quantitative estimate of drug-likeness (QED) is 0.352. The lowest BCUT2D eigenvalue weighted by molar-refractivity contribution is 0.0691. The molecule has 1 aliphatic heterocycles. The van der Waals surface area contributed by atoms with Gasteiger partial charge in [0.1, 0.15) is 17.1 Å². The SMILES string of the molecule is Cc1ccncc1-c1noc(C2CC2)c1C1=CC2(CCN(c3ccc4nc(C(=O)O)ccc4c3)CC2)C1. The van der Waals surface area contributed by atoms with Crippen molar-refractivity contribution in [2.45, 2.75) is 44.9 Å². The minimum atomic E-state index is -1.00. The van der Waals surface area contributed by atoms with Crippen LogP contribution < -0.4 is 4.90 Å². The Morgan fingerprint density at radius 1 is 1.14 bits per heavy atom. The van der Waals surface area contributed by atoms with E-state index < -0.39 is 5.97 Å². The second kappa shape index (κ2) is 8.26. The first kappa shape index (κ1) is 22.2. The van der Waals surface area contributed by atoms with Crippen molar-refractivity contribution < 1.29 is 14.4 Å². The van der Waals surface area contributed by atoms with Gasteiger partial charge in [-0.25, -0.2) is 9.78 Å². The number of hydrogen-bond acceptors (Lipinski definition) is 6. The molecule has 4 aromatic rings. The lowest BCUT2D eigenvalue weighted by Crippen LogP contribution is -2.42. The van der Waals surface area contributed by atoms with Gasteiger partial charge in [-0.05, 0) is 85.9 Å². The first-order valence-electron chi connectivity index (χ1n) is 13.0. The molecule has 186 valence electrons. The van der Waals surface area contributed by atoms with Gasteiger partial charge in [-0.3, -0.25) is 4.98 Å². The van der Waals surface area contributed by atoms with Gasteiger partial charge >= 0.3 is 5.97 Å². The van der Waals surface area contributed by atoms with Gasteiger partial charge in [0, 0.05) is 53.6 Å². The Morgan fingerprint density at radius 2 is 1.95 bits per heavy atom. The molecule has 0 unspecified atom stereocenters. The molecule has 0 radical (unpaired) electrons. The molecule has 7 nitrogen and oxygen atoms in total. The van der Waals surface area contributed by atoms with Crippen LogP contribution in [0.1, 0.15) is 65.4 Å².